The van der Waals surface area contributed by atoms with Crippen molar-refractivity contribution >= 4 is 28.8 Å². The van der Waals surface area contributed by atoms with Gasteiger partial charge in [-0.25, -0.2) is 5.43 Å². The highest BCUT2D eigenvalue weighted by Crippen LogP contribution is 2.25. The number of ether oxygens (including phenoxy) is 1. The van der Waals surface area contributed by atoms with Gasteiger partial charge in [-0.1, -0.05) is 30.3 Å². The Kier molecular flexibility index (Phi) is 6.91. The number of nitrogens with zero attached hydrogens (tertiary/aromatic N) is 1. The number of phenolic OH excluding ortho intramolecular Hbond substituents is 1. The van der Waals surface area contributed by atoms with Crippen molar-refractivity contribution in [3.8, 4) is 5.75 Å². The summed E-state index contributed by atoms with van der Waals surface area (Å²) in [7, 11) is 1.58. The molecule has 0 aromatic heterocycles. The quantitative estimate of drug-likeness (QED) is 0.293. The number of hydrogen-bond acceptors (Lipinski definition) is 5. The predicted molar refractivity (Wildman–Crippen MR) is 95.5 cm³/mol. The summed E-state index contributed by atoms with van der Waals surface area (Å²) in [6.07, 6.45) is 1.74. The molecule has 0 fully saturated rings. The molecule has 0 radical (unpaired) electrons. The molecule has 2 amide bonds. The minimum atomic E-state index is -0.528. The van der Waals surface area contributed by atoms with Crippen molar-refractivity contribution in [2.24, 2.45) is 5.10 Å². The van der Waals surface area contributed by atoms with Crippen LogP contribution in [0.15, 0.2) is 41.5 Å². The number of hydrogen-bond donors (Lipinski definition) is 3. The van der Waals surface area contributed by atoms with E-state index >= 15 is 0 Å². The summed E-state index contributed by atoms with van der Waals surface area (Å²) in [5.74, 6) is -0.843. The maximum Gasteiger partial charge on any atom is 0.249 e. The van der Waals surface area contributed by atoms with Crippen LogP contribution in [0.25, 0.3) is 10.8 Å². The lowest BCUT2D eigenvalue weighted by Gasteiger charge is -2.05. The zero-order valence-corrected chi connectivity index (χ0v) is 14.0. The van der Waals surface area contributed by atoms with Crippen molar-refractivity contribution in [3.63, 3.8) is 0 Å². The van der Waals surface area contributed by atoms with Crippen LogP contribution in [0, 0.1) is 0 Å². The third-order valence-corrected chi connectivity index (χ3v) is 3.50. The standard InChI is InChI=1S/C18H21N3O4/c1-25-10-4-9-19-17(23)11-18(24)21-20-12-15-14-6-3-2-5-13(14)7-8-16(15)22/h2-3,5-8,12,22H,4,9-11H2,1H3,(H,19,23)(H,21,24)/b20-12+. The Labute approximate surface area is 145 Å². The van der Waals surface area contributed by atoms with Crippen LogP contribution < -0.4 is 10.7 Å². The normalized spacial score (nSPS) is 10.9. The molecule has 0 saturated heterocycles. The van der Waals surface area contributed by atoms with E-state index in [4.69, 9.17) is 4.74 Å². The van der Waals surface area contributed by atoms with E-state index in [1.807, 2.05) is 24.3 Å². The van der Waals surface area contributed by atoms with E-state index < -0.39 is 5.91 Å². The molecule has 0 aliphatic carbocycles. The summed E-state index contributed by atoms with van der Waals surface area (Å²) in [6.45, 7) is 0.998. The first-order valence-electron chi connectivity index (χ1n) is 7.90. The maximum absolute atomic E-state index is 11.7. The fourth-order valence-corrected chi connectivity index (χ4v) is 2.28. The number of aromatic hydroxyl groups is 1. The van der Waals surface area contributed by atoms with Crippen LogP contribution in [0.5, 0.6) is 5.75 Å². The highest BCUT2D eigenvalue weighted by molar-refractivity contribution is 6.03. The number of phenols is 1. The summed E-state index contributed by atoms with van der Waals surface area (Å²) in [6, 6.07) is 10.9. The Morgan fingerprint density at radius 1 is 1.20 bits per heavy atom. The first-order valence-corrected chi connectivity index (χ1v) is 7.90. The van der Waals surface area contributed by atoms with E-state index in [1.54, 1.807) is 19.2 Å². The molecule has 7 nitrogen and oxygen atoms in total. The Hall–Kier alpha value is -2.93. The van der Waals surface area contributed by atoms with Gasteiger partial charge in [-0.05, 0) is 23.3 Å². The fraction of sp³-hybridized carbons (Fsp3) is 0.278. The number of benzene rings is 2. The topological polar surface area (TPSA) is 100 Å². The number of hydrazone groups is 1. The van der Waals surface area contributed by atoms with E-state index in [0.29, 0.717) is 25.1 Å². The molecule has 0 unspecified atom stereocenters. The molecule has 132 valence electrons. The SMILES string of the molecule is COCCCNC(=O)CC(=O)N/N=C/c1c(O)ccc2ccccc12. The molecule has 3 N–H and O–H groups in total. The van der Waals surface area contributed by atoms with Crippen LogP contribution in [0.3, 0.4) is 0 Å². The molecule has 0 aliphatic heterocycles. The molecule has 0 heterocycles. The number of carbonyl (C=O) groups excluding carboxylic acids is 2. The van der Waals surface area contributed by atoms with Crippen molar-refractivity contribution < 1.29 is 19.4 Å². The van der Waals surface area contributed by atoms with Gasteiger partial charge >= 0.3 is 0 Å². The monoisotopic (exact) mass is 343 g/mol. The van der Waals surface area contributed by atoms with Crippen LogP contribution in [0.1, 0.15) is 18.4 Å². The minimum absolute atomic E-state index is 0.0626. The molecule has 2 rings (SSSR count). The molecule has 0 saturated carbocycles. The van der Waals surface area contributed by atoms with Gasteiger partial charge in [0, 0.05) is 25.8 Å². The van der Waals surface area contributed by atoms with Crippen LogP contribution in [0.4, 0.5) is 0 Å². The largest absolute Gasteiger partial charge is 0.507 e. The van der Waals surface area contributed by atoms with Crippen molar-refractivity contribution in [2.75, 3.05) is 20.3 Å². The van der Waals surface area contributed by atoms with E-state index in [0.717, 1.165) is 10.8 Å². The highest BCUT2D eigenvalue weighted by atomic mass is 16.5. The van der Waals surface area contributed by atoms with Crippen LogP contribution >= 0.6 is 0 Å². The van der Waals surface area contributed by atoms with Gasteiger partial charge in [0.1, 0.15) is 12.2 Å². The molecule has 0 aliphatic rings. The van der Waals surface area contributed by atoms with Crippen LogP contribution in [-0.2, 0) is 14.3 Å². The molecular formula is C18H21N3O4. The number of nitrogens with one attached hydrogen (secondary N) is 2. The fourth-order valence-electron chi connectivity index (χ4n) is 2.28. The van der Waals surface area contributed by atoms with Gasteiger partial charge < -0.3 is 15.2 Å². The second-order valence-electron chi connectivity index (χ2n) is 5.39. The summed E-state index contributed by atoms with van der Waals surface area (Å²) in [4.78, 5) is 23.3. The second-order valence-corrected chi connectivity index (χ2v) is 5.39. The average molecular weight is 343 g/mol. The van der Waals surface area contributed by atoms with Crippen molar-refractivity contribution in [1.82, 2.24) is 10.7 Å². The predicted octanol–water partition coefficient (Wildman–Crippen LogP) is 1.54. The third kappa shape index (κ3) is 5.58. The molecule has 25 heavy (non-hydrogen) atoms. The zero-order valence-electron chi connectivity index (χ0n) is 14.0. The molecule has 7 heteroatoms. The van der Waals surface area contributed by atoms with Gasteiger partial charge in [-0.3, -0.25) is 9.59 Å². The van der Waals surface area contributed by atoms with Crippen molar-refractivity contribution in [2.45, 2.75) is 12.8 Å². The summed E-state index contributed by atoms with van der Waals surface area (Å²) in [5, 5.41) is 18.2. The lowest BCUT2D eigenvalue weighted by molar-refractivity contribution is -0.129. The smallest absolute Gasteiger partial charge is 0.249 e. The summed E-state index contributed by atoms with van der Waals surface area (Å²) >= 11 is 0. The molecule has 2 aromatic carbocycles. The zero-order chi connectivity index (χ0) is 18.1. The second kappa shape index (κ2) is 9.39. The highest BCUT2D eigenvalue weighted by Gasteiger charge is 2.08. The Bertz CT molecular complexity index is 774. The Balaban J connectivity index is 1.90. The van der Waals surface area contributed by atoms with Gasteiger partial charge in [0.25, 0.3) is 0 Å². The molecule has 2 aromatic rings. The van der Waals surface area contributed by atoms with Crippen LogP contribution in [-0.4, -0.2) is 43.4 Å². The van der Waals surface area contributed by atoms with E-state index in [1.165, 1.54) is 6.21 Å². The maximum atomic E-state index is 11.7. The van der Waals surface area contributed by atoms with Gasteiger partial charge in [-0.2, -0.15) is 5.10 Å². The lowest BCUT2D eigenvalue weighted by atomic mass is 10.0. The number of rotatable bonds is 8. The van der Waals surface area contributed by atoms with E-state index in [-0.39, 0.29) is 18.1 Å². The molecule has 0 spiro atoms. The summed E-state index contributed by atoms with van der Waals surface area (Å²) < 4.78 is 4.87. The molecular weight excluding hydrogens is 322 g/mol. The van der Waals surface area contributed by atoms with Crippen molar-refractivity contribution in [1.29, 1.82) is 0 Å². The first kappa shape index (κ1) is 18.4. The lowest BCUT2D eigenvalue weighted by Crippen LogP contribution is -2.30. The van der Waals surface area contributed by atoms with Crippen LogP contribution in [0.2, 0.25) is 0 Å². The first-order chi connectivity index (χ1) is 12.1. The van der Waals surface area contributed by atoms with Gasteiger partial charge in [0.15, 0.2) is 0 Å². The van der Waals surface area contributed by atoms with Gasteiger partial charge in [0.2, 0.25) is 11.8 Å². The Morgan fingerprint density at radius 3 is 2.80 bits per heavy atom. The van der Waals surface area contributed by atoms with E-state index in [2.05, 4.69) is 15.8 Å². The van der Waals surface area contributed by atoms with Crippen molar-refractivity contribution in [3.05, 3.63) is 42.0 Å². The number of carbonyl (C=O) groups is 2. The average Bonchev–Trinajstić information content (AvgIpc) is 2.60. The van der Waals surface area contributed by atoms with E-state index in [9.17, 15) is 14.7 Å². The van der Waals surface area contributed by atoms with Gasteiger partial charge in [0.05, 0.1) is 6.21 Å². The molecule has 0 atom stereocenters. The Morgan fingerprint density at radius 2 is 2.00 bits per heavy atom. The minimum Gasteiger partial charge on any atom is -0.507 e. The van der Waals surface area contributed by atoms with Gasteiger partial charge in [-0.15, -0.1) is 0 Å². The number of fused-ring (bicyclic) bond motifs is 1. The molecule has 0 bridgehead atoms. The number of amides is 2. The summed E-state index contributed by atoms with van der Waals surface area (Å²) in [5.41, 5.74) is 2.79. The number of methoxy groups -OCH3 is 1. The third-order valence-electron chi connectivity index (χ3n) is 3.50.